The molecule has 88 valence electrons. The molecule has 0 spiro atoms. The van der Waals surface area contributed by atoms with Crippen molar-refractivity contribution in [1.82, 2.24) is 5.32 Å². The minimum absolute atomic E-state index is 0.0636. The third-order valence-electron chi connectivity index (χ3n) is 2.46. The molecule has 0 bridgehead atoms. The number of nitrogens with one attached hydrogen (secondary N) is 1. The highest BCUT2D eigenvalue weighted by Gasteiger charge is 2.13. The summed E-state index contributed by atoms with van der Waals surface area (Å²) in [4.78, 5) is 12.0. The molecule has 0 fully saturated rings. The maximum Gasteiger partial charge on any atom is 0.251 e. The number of rotatable bonds is 4. The quantitative estimate of drug-likeness (QED) is 0.847. The molecule has 0 aromatic heterocycles. The number of halogens is 2. The van der Waals surface area contributed by atoms with Crippen LogP contribution in [-0.2, 0) is 0 Å². The van der Waals surface area contributed by atoms with Gasteiger partial charge in [0.15, 0.2) is 0 Å². The largest absolute Gasteiger partial charge is 0.348 e. The first-order valence-electron chi connectivity index (χ1n) is 5.21. The van der Waals surface area contributed by atoms with Gasteiger partial charge in [0.25, 0.3) is 5.91 Å². The summed E-state index contributed by atoms with van der Waals surface area (Å²) in [5, 5.41) is 4.30. The van der Waals surface area contributed by atoms with Gasteiger partial charge in [-0.1, -0.05) is 40.5 Å². The van der Waals surface area contributed by atoms with E-state index < -0.39 is 0 Å². The number of amides is 1. The van der Waals surface area contributed by atoms with Crippen LogP contribution >= 0.6 is 27.5 Å². The zero-order valence-electron chi connectivity index (χ0n) is 9.39. The van der Waals surface area contributed by atoms with Gasteiger partial charge in [-0.2, -0.15) is 0 Å². The van der Waals surface area contributed by atoms with E-state index in [0.29, 0.717) is 10.6 Å². The van der Waals surface area contributed by atoms with Gasteiger partial charge in [0.2, 0.25) is 0 Å². The predicted octanol–water partition coefficient (Wildman–Crippen LogP) is 3.55. The Hall–Kier alpha value is -0.540. The van der Waals surface area contributed by atoms with Gasteiger partial charge >= 0.3 is 0 Å². The third-order valence-corrected chi connectivity index (χ3v) is 3.48. The van der Waals surface area contributed by atoms with Crippen LogP contribution in [0.25, 0.3) is 0 Å². The Morgan fingerprint density at radius 2 is 2.25 bits per heavy atom. The Labute approximate surface area is 110 Å². The lowest BCUT2D eigenvalue weighted by Crippen LogP contribution is -2.35. The fourth-order valence-corrected chi connectivity index (χ4v) is 2.14. The van der Waals surface area contributed by atoms with Gasteiger partial charge in [-0.25, -0.2) is 0 Å². The SMILES string of the molecule is CCC(CBr)NC(=O)c1cc(Cl)ccc1C. The van der Waals surface area contributed by atoms with E-state index in [0.717, 1.165) is 17.3 Å². The average Bonchev–Trinajstić information content (AvgIpc) is 2.28. The first kappa shape index (κ1) is 13.5. The molecule has 0 saturated carbocycles. The molecular weight excluding hydrogens is 289 g/mol. The summed E-state index contributed by atoms with van der Waals surface area (Å²) in [6.45, 7) is 3.94. The van der Waals surface area contributed by atoms with Crippen molar-refractivity contribution >= 4 is 33.4 Å². The zero-order chi connectivity index (χ0) is 12.1. The lowest BCUT2D eigenvalue weighted by Gasteiger charge is -2.15. The fraction of sp³-hybridized carbons (Fsp3) is 0.417. The molecule has 0 aliphatic heterocycles. The van der Waals surface area contributed by atoms with Crippen molar-refractivity contribution < 1.29 is 4.79 Å². The highest BCUT2D eigenvalue weighted by Crippen LogP contribution is 2.15. The molecule has 1 rings (SSSR count). The van der Waals surface area contributed by atoms with Crippen LogP contribution < -0.4 is 5.32 Å². The molecule has 4 heteroatoms. The second-order valence-corrected chi connectivity index (χ2v) is 4.78. The summed E-state index contributed by atoms with van der Waals surface area (Å²) in [6, 6.07) is 5.50. The number of aryl methyl sites for hydroxylation is 1. The van der Waals surface area contributed by atoms with Crippen LogP contribution in [-0.4, -0.2) is 17.3 Å². The number of alkyl halides is 1. The van der Waals surface area contributed by atoms with E-state index in [-0.39, 0.29) is 11.9 Å². The van der Waals surface area contributed by atoms with Crippen molar-refractivity contribution in [3.63, 3.8) is 0 Å². The molecule has 0 heterocycles. The van der Waals surface area contributed by atoms with Gasteiger partial charge in [-0.15, -0.1) is 0 Å². The smallest absolute Gasteiger partial charge is 0.251 e. The highest BCUT2D eigenvalue weighted by atomic mass is 79.9. The molecule has 1 N–H and O–H groups in total. The van der Waals surface area contributed by atoms with E-state index in [1.165, 1.54) is 0 Å². The Balaban J connectivity index is 2.83. The van der Waals surface area contributed by atoms with Crippen molar-refractivity contribution in [1.29, 1.82) is 0 Å². The standard InChI is InChI=1S/C12H15BrClNO/c1-3-10(7-13)15-12(16)11-6-9(14)5-4-8(11)2/h4-6,10H,3,7H2,1-2H3,(H,15,16). The molecule has 1 aromatic carbocycles. The Bertz CT molecular complexity index is 377. The maximum atomic E-state index is 12.0. The molecule has 0 saturated heterocycles. The normalized spacial score (nSPS) is 12.2. The molecule has 1 unspecified atom stereocenters. The molecule has 16 heavy (non-hydrogen) atoms. The summed E-state index contributed by atoms with van der Waals surface area (Å²) < 4.78 is 0. The number of benzene rings is 1. The van der Waals surface area contributed by atoms with E-state index in [4.69, 9.17) is 11.6 Å². The Morgan fingerprint density at radius 3 is 2.81 bits per heavy atom. The Morgan fingerprint density at radius 1 is 1.56 bits per heavy atom. The van der Waals surface area contributed by atoms with Crippen LogP contribution in [0, 0.1) is 6.92 Å². The van der Waals surface area contributed by atoms with Crippen molar-refractivity contribution in [2.75, 3.05) is 5.33 Å². The van der Waals surface area contributed by atoms with Crippen LogP contribution in [0.15, 0.2) is 18.2 Å². The van der Waals surface area contributed by atoms with Crippen LogP contribution in [0.3, 0.4) is 0 Å². The van der Waals surface area contributed by atoms with E-state index in [1.54, 1.807) is 12.1 Å². The molecule has 0 aliphatic carbocycles. The van der Waals surface area contributed by atoms with Gasteiger partial charge in [0.05, 0.1) is 0 Å². The van der Waals surface area contributed by atoms with Gasteiger partial charge in [0, 0.05) is 22.0 Å². The summed E-state index contributed by atoms with van der Waals surface area (Å²) in [5.74, 6) is -0.0636. The summed E-state index contributed by atoms with van der Waals surface area (Å²) in [6.07, 6.45) is 0.899. The first-order chi connectivity index (χ1) is 7.58. The van der Waals surface area contributed by atoms with Crippen LogP contribution in [0.1, 0.15) is 29.3 Å². The topological polar surface area (TPSA) is 29.1 Å². The minimum atomic E-state index is -0.0636. The lowest BCUT2D eigenvalue weighted by molar-refractivity contribution is 0.0939. The molecule has 1 aromatic rings. The molecule has 0 aliphatic rings. The maximum absolute atomic E-state index is 12.0. The van der Waals surface area contributed by atoms with E-state index in [2.05, 4.69) is 21.2 Å². The Kier molecular flexibility index (Phi) is 5.29. The molecule has 1 amide bonds. The number of carbonyl (C=O) groups excluding carboxylic acids is 1. The summed E-state index contributed by atoms with van der Waals surface area (Å²) in [7, 11) is 0. The fourth-order valence-electron chi connectivity index (χ4n) is 1.35. The van der Waals surface area contributed by atoms with Crippen molar-refractivity contribution in [2.45, 2.75) is 26.3 Å². The summed E-state index contributed by atoms with van der Waals surface area (Å²) in [5.41, 5.74) is 1.58. The lowest BCUT2D eigenvalue weighted by atomic mass is 10.1. The van der Waals surface area contributed by atoms with Crippen LogP contribution in [0.5, 0.6) is 0 Å². The minimum Gasteiger partial charge on any atom is -0.348 e. The number of hydrogen-bond acceptors (Lipinski definition) is 1. The monoisotopic (exact) mass is 303 g/mol. The second-order valence-electron chi connectivity index (χ2n) is 3.69. The average molecular weight is 305 g/mol. The molecule has 2 nitrogen and oxygen atoms in total. The van der Waals surface area contributed by atoms with E-state index >= 15 is 0 Å². The highest BCUT2D eigenvalue weighted by molar-refractivity contribution is 9.09. The van der Waals surface area contributed by atoms with E-state index in [9.17, 15) is 4.79 Å². The summed E-state index contributed by atoms with van der Waals surface area (Å²) >= 11 is 9.25. The van der Waals surface area contributed by atoms with Gasteiger partial charge in [-0.3, -0.25) is 4.79 Å². The van der Waals surface area contributed by atoms with Gasteiger partial charge < -0.3 is 5.32 Å². The van der Waals surface area contributed by atoms with Gasteiger partial charge in [-0.05, 0) is 31.0 Å². The second kappa shape index (κ2) is 6.26. The third kappa shape index (κ3) is 3.49. The van der Waals surface area contributed by atoms with Crippen molar-refractivity contribution in [2.24, 2.45) is 0 Å². The number of carbonyl (C=O) groups is 1. The van der Waals surface area contributed by atoms with Crippen molar-refractivity contribution in [3.8, 4) is 0 Å². The number of hydrogen-bond donors (Lipinski definition) is 1. The predicted molar refractivity (Wildman–Crippen MR) is 71.5 cm³/mol. The van der Waals surface area contributed by atoms with Gasteiger partial charge in [0.1, 0.15) is 0 Å². The van der Waals surface area contributed by atoms with Crippen LogP contribution in [0.2, 0.25) is 5.02 Å². The first-order valence-corrected chi connectivity index (χ1v) is 6.71. The van der Waals surface area contributed by atoms with Crippen LogP contribution in [0.4, 0.5) is 0 Å². The van der Waals surface area contributed by atoms with E-state index in [1.807, 2.05) is 19.9 Å². The molecular formula is C12H15BrClNO. The zero-order valence-corrected chi connectivity index (χ0v) is 11.7. The molecule has 0 radical (unpaired) electrons. The van der Waals surface area contributed by atoms with Crippen molar-refractivity contribution in [3.05, 3.63) is 34.3 Å². The molecule has 1 atom stereocenters.